The van der Waals surface area contributed by atoms with E-state index in [1.165, 1.54) is 7.11 Å². The molecule has 3 N–H and O–H groups in total. The van der Waals surface area contributed by atoms with Crippen molar-refractivity contribution in [3.8, 4) is 0 Å². The molecule has 1 fully saturated rings. The van der Waals surface area contributed by atoms with E-state index in [1.807, 2.05) is 0 Å². The standard InChI is InChI=1S/C6H12N2O2/c1-10-6(9)4-2-5(3-4)8-7/h4-5,8H,2-3,7H2,1H3/t4-,5+. The molecule has 0 bridgehead atoms. The van der Waals surface area contributed by atoms with Crippen LogP contribution < -0.4 is 11.3 Å². The summed E-state index contributed by atoms with van der Waals surface area (Å²) in [6.07, 6.45) is 1.62. The molecule has 1 saturated carbocycles. The van der Waals surface area contributed by atoms with Crippen molar-refractivity contribution in [1.29, 1.82) is 0 Å². The van der Waals surface area contributed by atoms with Crippen LogP contribution in [0.5, 0.6) is 0 Å². The second-order valence-electron chi connectivity index (χ2n) is 2.56. The maximum atomic E-state index is 10.8. The summed E-state index contributed by atoms with van der Waals surface area (Å²) in [5.74, 6) is 5.09. The van der Waals surface area contributed by atoms with Crippen LogP contribution in [0, 0.1) is 5.92 Å². The summed E-state index contributed by atoms with van der Waals surface area (Å²) in [5, 5.41) is 0. The highest BCUT2D eigenvalue weighted by molar-refractivity contribution is 5.73. The minimum Gasteiger partial charge on any atom is -0.469 e. The maximum Gasteiger partial charge on any atom is 0.308 e. The number of hydrazine groups is 1. The van der Waals surface area contributed by atoms with Crippen LogP contribution in [0.3, 0.4) is 0 Å². The third-order valence-electron chi connectivity index (χ3n) is 1.91. The summed E-state index contributed by atoms with van der Waals surface area (Å²) in [5.41, 5.74) is 2.60. The Morgan fingerprint density at radius 2 is 2.30 bits per heavy atom. The Balaban J connectivity index is 2.19. The van der Waals surface area contributed by atoms with Crippen LogP contribution in [0.4, 0.5) is 0 Å². The predicted octanol–water partition coefficient (Wildman–Crippen LogP) is -0.599. The molecule has 4 heteroatoms. The number of ether oxygens (including phenoxy) is 1. The largest absolute Gasteiger partial charge is 0.469 e. The van der Waals surface area contributed by atoms with Crippen molar-refractivity contribution in [1.82, 2.24) is 5.43 Å². The summed E-state index contributed by atoms with van der Waals surface area (Å²) in [4.78, 5) is 10.8. The Bertz CT molecular complexity index is 132. The predicted molar refractivity (Wildman–Crippen MR) is 35.9 cm³/mol. The lowest BCUT2D eigenvalue weighted by atomic mass is 9.81. The number of methoxy groups -OCH3 is 1. The molecular formula is C6H12N2O2. The number of carbonyl (C=O) groups excluding carboxylic acids is 1. The Labute approximate surface area is 59.7 Å². The quantitative estimate of drug-likeness (QED) is 0.308. The summed E-state index contributed by atoms with van der Waals surface area (Å²) in [6, 6.07) is 0.309. The van der Waals surface area contributed by atoms with Gasteiger partial charge in [-0.25, -0.2) is 0 Å². The van der Waals surface area contributed by atoms with Gasteiger partial charge < -0.3 is 4.74 Å². The van der Waals surface area contributed by atoms with Gasteiger partial charge in [0.1, 0.15) is 0 Å². The van der Waals surface area contributed by atoms with Crippen LogP contribution in [0.1, 0.15) is 12.8 Å². The Hall–Kier alpha value is -0.610. The lowest BCUT2D eigenvalue weighted by Crippen LogP contribution is -2.47. The van der Waals surface area contributed by atoms with E-state index in [0.717, 1.165) is 12.8 Å². The van der Waals surface area contributed by atoms with Crippen molar-refractivity contribution in [2.75, 3.05) is 7.11 Å². The van der Waals surface area contributed by atoms with Gasteiger partial charge in [-0.3, -0.25) is 16.1 Å². The van der Waals surface area contributed by atoms with Crippen molar-refractivity contribution >= 4 is 5.97 Å². The highest BCUT2D eigenvalue weighted by Crippen LogP contribution is 2.27. The number of rotatable bonds is 2. The van der Waals surface area contributed by atoms with Gasteiger partial charge in [0.15, 0.2) is 0 Å². The van der Waals surface area contributed by atoms with E-state index < -0.39 is 0 Å². The molecule has 0 aliphatic heterocycles. The Kier molecular flexibility index (Phi) is 2.24. The molecule has 1 rings (SSSR count). The van der Waals surface area contributed by atoms with E-state index in [9.17, 15) is 4.79 Å². The van der Waals surface area contributed by atoms with Crippen LogP contribution in [0.2, 0.25) is 0 Å². The fourth-order valence-corrected chi connectivity index (χ4v) is 1.11. The summed E-state index contributed by atoms with van der Waals surface area (Å²) < 4.78 is 4.54. The van der Waals surface area contributed by atoms with Crippen molar-refractivity contribution in [3.05, 3.63) is 0 Å². The van der Waals surface area contributed by atoms with Gasteiger partial charge >= 0.3 is 5.97 Å². The van der Waals surface area contributed by atoms with E-state index in [4.69, 9.17) is 5.84 Å². The van der Waals surface area contributed by atoms with Gasteiger partial charge in [-0.1, -0.05) is 0 Å². The van der Waals surface area contributed by atoms with Crippen LogP contribution in [0.25, 0.3) is 0 Å². The molecule has 0 aromatic rings. The maximum absolute atomic E-state index is 10.8. The number of carbonyl (C=O) groups is 1. The topological polar surface area (TPSA) is 64.3 Å². The van der Waals surface area contributed by atoms with E-state index in [-0.39, 0.29) is 11.9 Å². The minimum atomic E-state index is -0.119. The van der Waals surface area contributed by atoms with E-state index in [2.05, 4.69) is 10.2 Å². The molecule has 0 saturated heterocycles. The van der Waals surface area contributed by atoms with Crippen molar-refractivity contribution < 1.29 is 9.53 Å². The smallest absolute Gasteiger partial charge is 0.308 e. The molecule has 4 nitrogen and oxygen atoms in total. The van der Waals surface area contributed by atoms with Crippen molar-refractivity contribution in [2.24, 2.45) is 11.8 Å². The number of hydrogen-bond donors (Lipinski definition) is 2. The molecular weight excluding hydrogens is 132 g/mol. The number of esters is 1. The monoisotopic (exact) mass is 144 g/mol. The SMILES string of the molecule is COC(=O)[C@H]1C[C@@H](NN)C1. The molecule has 1 aliphatic carbocycles. The van der Waals surface area contributed by atoms with E-state index >= 15 is 0 Å². The fraction of sp³-hybridized carbons (Fsp3) is 0.833. The van der Waals surface area contributed by atoms with Gasteiger partial charge in [0.05, 0.1) is 13.0 Å². The summed E-state index contributed by atoms with van der Waals surface area (Å²) >= 11 is 0. The number of nitrogens with two attached hydrogens (primary N) is 1. The van der Waals surface area contributed by atoms with Gasteiger partial charge in [-0.05, 0) is 12.8 Å². The molecule has 1 aliphatic rings. The van der Waals surface area contributed by atoms with Crippen LogP contribution in [-0.4, -0.2) is 19.1 Å². The van der Waals surface area contributed by atoms with Crippen LogP contribution in [0.15, 0.2) is 0 Å². The first-order valence-corrected chi connectivity index (χ1v) is 3.32. The molecule has 10 heavy (non-hydrogen) atoms. The average molecular weight is 144 g/mol. The Morgan fingerprint density at radius 3 is 2.70 bits per heavy atom. The summed E-state index contributed by atoms with van der Waals surface area (Å²) in [6.45, 7) is 0. The molecule has 0 radical (unpaired) electrons. The molecule has 58 valence electrons. The lowest BCUT2D eigenvalue weighted by molar-refractivity contribution is -0.149. The van der Waals surface area contributed by atoms with E-state index in [1.54, 1.807) is 0 Å². The lowest BCUT2D eigenvalue weighted by Gasteiger charge is -2.32. The molecule has 0 amide bonds. The van der Waals surface area contributed by atoms with Gasteiger partial charge in [0.2, 0.25) is 0 Å². The molecule has 0 spiro atoms. The molecule has 0 heterocycles. The third-order valence-corrected chi connectivity index (χ3v) is 1.91. The third kappa shape index (κ3) is 1.27. The zero-order valence-electron chi connectivity index (χ0n) is 5.96. The normalized spacial score (nSPS) is 31.0. The van der Waals surface area contributed by atoms with E-state index in [0.29, 0.717) is 6.04 Å². The van der Waals surface area contributed by atoms with Crippen molar-refractivity contribution in [3.63, 3.8) is 0 Å². The Morgan fingerprint density at radius 1 is 1.70 bits per heavy atom. The van der Waals surface area contributed by atoms with Gasteiger partial charge in [0.25, 0.3) is 0 Å². The number of nitrogens with one attached hydrogen (secondary N) is 1. The highest BCUT2D eigenvalue weighted by Gasteiger charge is 2.34. The number of hydrogen-bond acceptors (Lipinski definition) is 4. The molecule has 0 aromatic heterocycles. The van der Waals surface area contributed by atoms with Gasteiger partial charge in [-0.2, -0.15) is 0 Å². The summed E-state index contributed by atoms with van der Waals surface area (Å²) in [7, 11) is 1.41. The molecule has 0 aromatic carbocycles. The van der Waals surface area contributed by atoms with Crippen LogP contribution in [-0.2, 0) is 9.53 Å². The first-order chi connectivity index (χ1) is 4.77. The van der Waals surface area contributed by atoms with Gasteiger partial charge in [0, 0.05) is 6.04 Å². The second kappa shape index (κ2) is 2.98. The van der Waals surface area contributed by atoms with Gasteiger partial charge in [-0.15, -0.1) is 0 Å². The average Bonchev–Trinajstić information content (AvgIpc) is 1.85. The second-order valence-corrected chi connectivity index (χ2v) is 2.56. The highest BCUT2D eigenvalue weighted by atomic mass is 16.5. The van der Waals surface area contributed by atoms with Crippen molar-refractivity contribution in [2.45, 2.75) is 18.9 Å². The zero-order valence-corrected chi connectivity index (χ0v) is 5.96. The first-order valence-electron chi connectivity index (χ1n) is 3.32. The zero-order chi connectivity index (χ0) is 7.56. The first kappa shape index (κ1) is 7.50. The minimum absolute atomic E-state index is 0.0750. The molecule has 0 atom stereocenters. The molecule has 0 unspecified atom stereocenters. The van der Waals surface area contributed by atoms with Crippen LogP contribution >= 0.6 is 0 Å². The fourth-order valence-electron chi connectivity index (χ4n) is 1.11.